The van der Waals surface area contributed by atoms with E-state index in [0.29, 0.717) is 19.3 Å². The van der Waals surface area contributed by atoms with Crippen LogP contribution in [-0.2, 0) is 14.3 Å². The van der Waals surface area contributed by atoms with Crippen molar-refractivity contribution in [3.05, 3.63) is 85.1 Å². The Bertz CT molecular complexity index is 1200. The number of amides is 1. The smallest absolute Gasteiger partial charge is 0.306 e. The zero-order chi connectivity index (χ0) is 45.2. The van der Waals surface area contributed by atoms with Crippen LogP contribution in [0.25, 0.3) is 0 Å². The number of esters is 1. The predicted molar refractivity (Wildman–Crippen MR) is 268 cm³/mol. The molecule has 0 aliphatic carbocycles. The summed E-state index contributed by atoms with van der Waals surface area (Å²) in [5, 5.41) is 23.7. The van der Waals surface area contributed by atoms with Gasteiger partial charge >= 0.3 is 5.97 Å². The van der Waals surface area contributed by atoms with Crippen LogP contribution in [0, 0.1) is 0 Å². The van der Waals surface area contributed by atoms with Gasteiger partial charge in [0, 0.05) is 6.42 Å². The highest BCUT2D eigenvalue weighted by molar-refractivity contribution is 5.78. The fourth-order valence-electron chi connectivity index (χ4n) is 7.33. The molecule has 0 spiro atoms. The molecule has 0 aromatic rings. The van der Waals surface area contributed by atoms with Crippen LogP contribution >= 0.6 is 0 Å². The summed E-state index contributed by atoms with van der Waals surface area (Å²) in [6, 6.07) is -0.751. The molecule has 0 fully saturated rings. The van der Waals surface area contributed by atoms with Gasteiger partial charge in [-0.05, 0) is 70.3 Å². The molecule has 0 aliphatic heterocycles. The monoisotopic (exact) mass is 864 g/mol. The van der Waals surface area contributed by atoms with E-state index in [9.17, 15) is 19.8 Å². The van der Waals surface area contributed by atoms with Gasteiger partial charge in [-0.15, -0.1) is 0 Å². The van der Waals surface area contributed by atoms with Crippen molar-refractivity contribution in [1.82, 2.24) is 5.32 Å². The number of hydrogen-bond donors (Lipinski definition) is 3. The van der Waals surface area contributed by atoms with Crippen molar-refractivity contribution in [2.24, 2.45) is 0 Å². The van der Waals surface area contributed by atoms with Crippen molar-refractivity contribution < 1.29 is 24.5 Å². The first kappa shape index (κ1) is 59.0. The topological polar surface area (TPSA) is 95.9 Å². The number of carbonyl (C=O) groups is 2. The van der Waals surface area contributed by atoms with Gasteiger partial charge < -0.3 is 20.3 Å². The Hall–Kier alpha value is -2.96. The number of aliphatic hydroxyl groups is 2. The highest BCUT2D eigenvalue weighted by Gasteiger charge is 2.23. The number of ether oxygens (including phenoxy) is 1. The van der Waals surface area contributed by atoms with Crippen LogP contribution in [-0.4, -0.2) is 46.9 Å². The molecular weight excluding hydrogens is 767 g/mol. The molecule has 0 aromatic heterocycles. The van der Waals surface area contributed by atoms with Gasteiger partial charge in [0.05, 0.1) is 25.2 Å². The summed E-state index contributed by atoms with van der Waals surface area (Å²) < 4.78 is 5.78. The molecule has 6 heteroatoms. The summed E-state index contributed by atoms with van der Waals surface area (Å²) in [5.41, 5.74) is 0. The van der Waals surface area contributed by atoms with E-state index in [1.54, 1.807) is 6.08 Å². The second-order valence-corrected chi connectivity index (χ2v) is 17.2. The number of rotatable bonds is 45. The maximum Gasteiger partial charge on any atom is 0.306 e. The molecule has 0 saturated carbocycles. The van der Waals surface area contributed by atoms with Crippen molar-refractivity contribution in [2.45, 2.75) is 251 Å². The lowest BCUT2D eigenvalue weighted by Gasteiger charge is -2.23. The zero-order valence-corrected chi connectivity index (χ0v) is 40.5. The molecule has 0 saturated heterocycles. The zero-order valence-electron chi connectivity index (χ0n) is 40.5. The minimum absolute atomic E-state index is 0.0619. The van der Waals surface area contributed by atoms with Gasteiger partial charge in [-0.1, -0.05) is 235 Å². The number of unbranched alkanes of at least 4 members (excludes halogenated alkanes) is 21. The molecule has 0 radical (unpaired) electrons. The Morgan fingerprint density at radius 2 is 0.903 bits per heavy atom. The summed E-state index contributed by atoms with van der Waals surface area (Å²) in [6.45, 7) is 6.31. The standard InChI is InChI=1S/C56H97NO5/c1-4-7-10-13-16-19-22-24-26-28-30-33-36-39-42-45-48-54(59)53(51-58)57-55(60)50-52(47-44-41-38-35-32-21-18-15-12-9-6-3)62-56(61)49-46-43-40-37-34-31-29-27-25-23-20-17-14-11-8-5-2/h8,11,17,20,25,27,31,34-35,38,40,43-44,47,52-54,58-59H,4-7,9-10,12-16,18-19,21-24,26,28-30,32-33,36-37,39,41-42,45-46,48-51H2,1-3H3,(H,57,60)/b11-8+,20-17+,27-25+,34-31+,38-35-,43-40+,47-44+. The molecule has 0 aliphatic rings. The minimum Gasteiger partial charge on any atom is -0.458 e. The predicted octanol–water partition coefficient (Wildman–Crippen LogP) is 15.6. The van der Waals surface area contributed by atoms with Crippen molar-refractivity contribution in [1.29, 1.82) is 0 Å². The summed E-state index contributed by atoms with van der Waals surface area (Å²) in [4.78, 5) is 26.0. The molecule has 0 aromatic carbocycles. The van der Waals surface area contributed by atoms with E-state index in [1.165, 1.54) is 122 Å². The second-order valence-electron chi connectivity index (χ2n) is 17.2. The molecule has 356 valence electrons. The number of nitrogens with one attached hydrogen (secondary N) is 1. The average molecular weight is 864 g/mol. The van der Waals surface area contributed by atoms with E-state index in [1.807, 2.05) is 12.2 Å². The van der Waals surface area contributed by atoms with Crippen molar-refractivity contribution >= 4 is 11.9 Å². The first-order chi connectivity index (χ1) is 30.5. The molecule has 0 heterocycles. The molecule has 3 atom stereocenters. The van der Waals surface area contributed by atoms with E-state index in [2.05, 4.69) is 92.9 Å². The van der Waals surface area contributed by atoms with Gasteiger partial charge in [-0.25, -0.2) is 0 Å². The molecule has 3 N–H and O–H groups in total. The van der Waals surface area contributed by atoms with Crippen LogP contribution in [0.1, 0.15) is 233 Å². The Kier molecular flexibility index (Phi) is 46.7. The number of aliphatic hydroxyl groups excluding tert-OH is 2. The van der Waals surface area contributed by atoms with Crippen molar-refractivity contribution in [3.8, 4) is 0 Å². The highest BCUT2D eigenvalue weighted by atomic mass is 16.5. The highest BCUT2D eigenvalue weighted by Crippen LogP contribution is 2.16. The van der Waals surface area contributed by atoms with Crippen LogP contribution in [0.5, 0.6) is 0 Å². The Morgan fingerprint density at radius 1 is 0.500 bits per heavy atom. The van der Waals surface area contributed by atoms with Crippen molar-refractivity contribution in [3.63, 3.8) is 0 Å². The van der Waals surface area contributed by atoms with Crippen molar-refractivity contribution in [2.75, 3.05) is 6.61 Å². The molecular formula is C56H97NO5. The Morgan fingerprint density at radius 3 is 1.37 bits per heavy atom. The van der Waals surface area contributed by atoms with E-state index in [0.717, 1.165) is 57.8 Å². The third-order valence-electron chi connectivity index (χ3n) is 11.2. The summed E-state index contributed by atoms with van der Waals surface area (Å²) in [7, 11) is 0. The summed E-state index contributed by atoms with van der Waals surface area (Å²) in [6.07, 6.45) is 64.0. The lowest BCUT2D eigenvalue weighted by molar-refractivity contribution is -0.148. The van der Waals surface area contributed by atoms with Crippen LogP contribution in [0.3, 0.4) is 0 Å². The maximum absolute atomic E-state index is 13.2. The van der Waals surface area contributed by atoms with Gasteiger partial charge in [-0.2, -0.15) is 0 Å². The van der Waals surface area contributed by atoms with E-state index < -0.39 is 18.2 Å². The summed E-state index contributed by atoms with van der Waals surface area (Å²) >= 11 is 0. The third kappa shape index (κ3) is 43.7. The largest absolute Gasteiger partial charge is 0.458 e. The number of carbonyl (C=O) groups excluding carboxylic acids is 2. The molecule has 62 heavy (non-hydrogen) atoms. The lowest BCUT2D eigenvalue weighted by atomic mass is 10.0. The Labute approximate surface area is 383 Å². The Balaban J connectivity index is 4.69. The fourth-order valence-corrected chi connectivity index (χ4v) is 7.33. The van der Waals surface area contributed by atoms with Crippen LogP contribution in [0.4, 0.5) is 0 Å². The normalized spacial score (nSPS) is 14.0. The fraction of sp³-hybridized carbons (Fsp3) is 0.714. The molecule has 6 nitrogen and oxygen atoms in total. The number of hydrogen-bond acceptors (Lipinski definition) is 5. The van der Waals surface area contributed by atoms with Gasteiger partial charge in [0.1, 0.15) is 6.10 Å². The molecule has 0 bridgehead atoms. The van der Waals surface area contributed by atoms with Crippen LogP contribution in [0.15, 0.2) is 85.1 Å². The van der Waals surface area contributed by atoms with Gasteiger partial charge in [0.15, 0.2) is 0 Å². The maximum atomic E-state index is 13.2. The SMILES string of the molecule is CC/C=C/C/C=C/C/C=C/C/C=C/C/C=C/CCC(=O)OC(/C=C/C/C=C\CCCCCCCC)CC(=O)NC(CO)C(O)CCCCCCCCCCCCCCCCCC. The van der Waals surface area contributed by atoms with Crippen LogP contribution in [0.2, 0.25) is 0 Å². The van der Waals surface area contributed by atoms with Gasteiger partial charge in [0.25, 0.3) is 0 Å². The second kappa shape index (κ2) is 49.1. The van der Waals surface area contributed by atoms with Crippen LogP contribution < -0.4 is 5.32 Å². The lowest BCUT2D eigenvalue weighted by Crippen LogP contribution is -2.46. The first-order valence-electron chi connectivity index (χ1n) is 25.8. The van der Waals surface area contributed by atoms with Gasteiger partial charge in [0.2, 0.25) is 5.91 Å². The van der Waals surface area contributed by atoms with Gasteiger partial charge in [-0.3, -0.25) is 9.59 Å². The quantitative estimate of drug-likeness (QED) is 0.0322. The minimum atomic E-state index is -0.826. The number of allylic oxidation sites excluding steroid dienone is 13. The average Bonchev–Trinajstić information content (AvgIpc) is 3.26. The molecule has 3 unspecified atom stereocenters. The van der Waals surface area contributed by atoms with E-state index >= 15 is 0 Å². The third-order valence-corrected chi connectivity index (χ3v) is 11.2. The van der Waals surface area contributed by atoms with E-state index in [-0.39, 0.29) is 31.3 Å². The summed E-state index contributed by atoms with van der Waals surface area (Å²) in [5.74, 6) is -0.706. The first-order valence-corrected chi connectivity index (χ1v) is 25.8. The van der Waals surface area contributed by atoms with E-state index in [4.69, 9.17) is 4.74 Å². The molecule has 1 amide bonds. The molecule has 0 rings (SSSR count).